The first-order valence-corrected chi connectivity index (χ1v) is 9.10. The zero-order valence-electron chi connectivity index (χ0n) is 11.0. The maximum atomic E-state index is 13.8. The van der Waals surface area contributed by atoms with Crippen LogP contribution in [0.1, 0.15) is 30.5 Å². The number of hydrogen-bond acceptors (Lipinski definition) is 3. The molecular weight excluding hydrogens is 357 g/mol. The number of benzene rings is 1. The highest BCUT2D eigenvalue weighted by atomic mass is 79.9. The maximum absolute atomic E-state index is 13.8. The van der Waals surface area contributed by atoms with E-state index >= 15 is 0 Å². The second kappa shape index (κ2) is 6.18. The molecule has 0 radical (unpaired) electrons. The minimum Gasteiger partial charge on any atom is -0.306 e. The van der Waals surface area contributed by atoms with Crippen LogP contribution < -0.4 is 5.32 Å². The van der Waals surface area contributed by atoms with Gasteiger partial charge in [0, 0.05) is 27.9 Å². The van der Waals surface area contributed by atoms with E-state index in [1.807, 2.05) is 17.8 Å². The normalized spacial score (nSPS) is 21.8. The van der Waals surface area contributed by atoms with E-state index < -0.39 is 0 Å². The fourth-order valence-corrected chi connectivity index (χ4v) is 5.43. The lowest BCUT2D eigenvalue weighted by Gasteiger charge is -2.27. The van der Waals surface area contributed by atoms with E-state index in [4.69, 9.17) is 0 Å². The van der Waals surface area contributed by atoms with Gasteiger partial charge in [0.1, 0.15) is 5.82 Å². The average molecular weight is 372 g/mol. The maximum Gasteiger partial charge on any atom is 0.127 e. The van der Waals surface area contributed by atoms with E-state index in [1.165, 1.54) is 15.8 Å². The molecule has 1 N–H and O–H groups in total. The molecule has 0 saturated carbocycles. The molecular formula is C15H15BrFNS2. The molecule has 0 bridgehead atoms. The van der Waals surface area contributed by atoms with Gasteiger partial charge in [0.05, 0.1) is 4.21 Å². The van der Waals surface area contributed by atoms with Crippen molar-refractivity contribution in [3.8, 4) is 0 Å². The number of thioether (sulfide) groups is 1. The lowest BCUT2D eigenvalue weighted by Crippen LogP contribution is -2.26. The van der Waals surface area contributed by atoms with Gasteiger partial charge >= 0.3 is 0 Å². The predicted octanol–water partition coefficient (Wildman–Crippen LogP) is 5.36. The van der Waals surface area contributed by atoms with E-state index in [2.05, 4.69) is 39.6 Å². The van der Waals surface area contributed by atoms with Gasteiger partial charge in [-0.15, -0.1) is 23.1 Å². The molecule has 1 aliphatic rings. The van der Waals surface area contributed by atoms with Crippen molar-refractivity contribution < 1.29 is 4.39 Å². The van der Waals surface area contributed by atoms with Gasteiger partial charge in [-0.05, 0) is 41.6 Å². The zero-order valence-corrected chi connectivity index (χ0v) is 14.2. The summed E-state index contributed by atoms with van der Waals surface area (Å²) in [7, 11) is 0. The summed E-state index contributed by atoms with van der Waals surface area (Å²) in [5.41, 5.74) is 2.08. The number of thiophene rings is 1. The van der Waals surface area contributed by atoms with Crippen LogP contribution in [0, 0.1) is 5.82 Å². The number of halogens is 2. The standard InChI is InChI=1S/C15H15BrFNS2/c1-9-6-14(12-4-5-19-15(12)20-9)18-8-10-7-11(16)2-3-13(10)17/h2-5,7,9,14,18H,6,8H2,1H3/t9-,14?/m0/s1. The van der Waals surface area contributed by atoms with Gasteiger partial charge in [0.2, 0.25) is 0 Å². The molecule has 0 saturated heterocycles. The van der Waals surface area contributed by atoms with Crippen molar-refractivity contribution in [3.05, 3.63) is 51.1 Å². The molecule has 2 heterocycles. The Hall–Kier alpha value is -0.360. The molecule has 1 aromatic carbocycles. The summed E-state index contributed by atoms with van der Waals surface area (Å²) >= 11 is 7.14. The van der Waals surface area contributed by atoms with Crippen LogP contribution in [0.5, 0.6) is 0 Å². The predicted molar refractivity (Wildman–Crippen MR) is 87.9 cm³/mol. The van der Waals surface area contributed by atoms with Gasteiger partial charge < -0.3 is 5.32 Å². The molecule has 106 valence electrons. The lowest BCUT2D eigenvalue weighted by molar-refractivity contribution is 0.478. The van der Waals surface area contributed by atoms with E-state index in [9.17, 15) is 4.39 Å². The highest BCUT2D eigenvalue weighted by Crippen LogP contribution is 2.43. The van der Waals surface area contributed by atoms with Crippen molar-refractivity contribution in [2.45, 2.75) is 35.4 Å². The number of fused-ring (bicyclic) bond motifs is 1. The van der Waals surface area contributed by atoms with Gasteiger partial charge in [-0.25, -0.2) is 4.39 Å². The van der Waals surface area contributed by atoms with Gasteiger partial charge in [-0.2, -0.15) is 0 Å². The Morgan fingerprint density at radius 1 is 1.40 bits per heavy atom. The molecule has 1 nitrogen and oxygen atoms in total. The Bertz CT molecular complexity index is 614. The second-order valence-corrected chi connectivity index (χ2v) is 8.54. The van der Waals surface area contributed by atoms with Crippen LogP contribution in [0.2, 0.25) is 0 Å². The lowest BCUT2D eigenvalue weighted by atomic mass is 10.0. The van der Waals surface area contributed by atoms with Gasteiger partial charge in [-0.3, -0.25) is 0 Å². The molecule has 3 rings (SSSR count). The van der Waals surface area contributed by atoms with Crippen molar-refractivity contribution >= 4 is 39.0 Å². The summed E-state index contributed by atoms with van der Waals surface area (Å²) in [6, 6.07) is 7.60. The van der Waals surface area contributed by atoms with Gasteiger partial charge in [0.25, 0.3) is 0 Å². The van der Waals surface area contributed by atoms with Crippen LogP contribution in [0.15, 0.2) is 38.3 Å². The van der Waals surface area contributed by atoms with E-state index in [0.29, 0.717) is 23.4 Å². The quantitative estimate of drug-likeness (QED) is 0.778. The molecule has 0 fully saturated rings. The first kappa shape index (κ1) is 14.6. The van der Waals surface area contributed by atoms with E-state index in [-0.39, 0.29) is 5.82 Å². The van der Waals surface area contributed by atoms with Crippen molar-refractivity contribution in [1.29, 1.82) is 0 Å². The van der Waals surface area contributed by atoms with Gasteiger partial charge in [-0.1, -0.05) is 22.9 Å². The molecule has 1 aliphatic heterocycles. The Kier molecular flexibility index (Phi) is 4.50. The van der Waals surface area contributed by atoms with E-state index in [1.54, 1.807) is 17.4 Å². The minimum absolute atomic E-state index is 0.149. The highest BCUT2D eigenvalue weighted by Gasteiger charge is 2.25. The van der Waals surface area contributed by atoms with Crippen LogP contribution >= 0.6 is 39.0 Å². The van der Waals surface area contributed by atoms with Crippen LogP contribution in [-0.4, -0.2) is 5.25 Å². The molecule has 2 atom stereocenters. The summed E-state index contributed by atoms with van der Waals surface area (Å²) in [6.07, 6.45) is 1.09. The summed E-state index contributed by atoms with van der Waals surface area (Å²) in [5.74, 6) is -0.149. The minimum atomic E-state index is -0.149. The summed E-state index contributed by atoms with van der Waals surface area (Å²) in [5, 5.41) is 6.26. The van der Waals surface area contributed by atoms with Crippen LogP contribution in [0.25, 0.3) is 0 Å². The number of hydrogen-bond donors (Lipinski definition) is 1. The fourth-order valence-electron chi connectivity index (χ4n) is 2.45. The molecule has 0 spiro atoms. The molecule has 20 heavy (non-hydrogen) atoms. The molecule has 0 aliphatic carbocycles. The van der Waals surface area contributed by atoms with E-state index in [0.717, 1.165) is 10.9 Å². The Morgan fingerprint density at radius 2 is 2.25 bits per heavy atom. The first-order valence-electron chi connectivity index (χ1n) is 6.55. The van der Waals surface area contributed by atoms with Crippen molar-refractivity contribution in [2.24, 2.45) is 0 Å². The second-order valence-electron chi connectivity index (χ2n) is 5.00. The topological polar surface area (TPSA) is 12.0 Å². The SMILES string of the molecule is C[C@H]1CC(NCc2cc(Br)ccc2F)c2ccsc2S1. The van der Waals surface area contributed by atoms with Gasteiger partial charge in [0.15, 0.2) is 0 Å². The third-order valence-corrected chi connectivity index (χ3v) is 6.29. The number of rotatable bonds is 3. The van der Waals surface area contributed by atoms with Crippen LogP contribution in [-0.2, 0) is 6.54 Å². The largest absolute Gasteiger partial charge is 0.306 e. The monoisotopic (exact) mass is 371 g/mol. The fraction of sp³-hybridized carbons (Fsp3) is 0.333. The molecule has 1 unspecified atom stereocenters. The Balaban J connectivity index is 1.74. The zero-order chi connectivity index (χ0) is 14.1. The molecule has 1 aromatic heterocycles. The third-order valence-electron chi connectivity index (χ3n) is 3.46. The summed E-state index contributed by atoms with van der Waals surface area (Å²) < 4.78 is 16.1. The molecule has 0 amide bonds. The summed E-state index contributed by atoms with van der Waals surface area (Å²) in [6.45, 7) is 2.81. The Labute approximate surface area is 135 Å². The Morgan fingerprint density at radius 3 is 3.10 bits per heavy atom. The molecule has 5 heteroatoms. The van der Waals surface area contributed by atoms with Crippen molar-refractivity contribution in [2.75, 3.05) is 0 Å². The average Bonchev–Trinajstić information content (AvgIpc) is 2.87. The number of nitrogens with one attached hydrogen (secondary N) is 1. The van der Waals surface area contributed by atoms with Crippen molar-refractivity contribution in [3.63, 3.8) is 0 Å². The summed E-state index contributed by atoms with van der Waals surface area (Å²) in [4.78, 5) is 0. The highest BCUT2D eigenvalue weighted by molar-refractivity contribution is 9.10. The van der Waals surface area contributed by atoms with Crippen molar-refractivity contribution in [1.82, 2.24) is 5.32 Å². The first-order chi connectivity index (χ1) is 9.63. The third kappa shape index (κ3) is 3.11. The molecule has 2 aromatic rings. The van der Waals surface area contributed by atoms with Crippen LogP contribution in [0.3, 0.4) is 0 Å². The smallest absolute Gasteiger partial charge is 0.127 e. The van der Waals surface area contributed by atoms with Crippen LogP contribution in [0.4, 0.5) is 4.39 Å².